The maximum Gasteiger partial charge on any atom is 0.124 e. The molecule has 0 aliphatic carbocycles. The minimum Gasteiger partial charge on any atom is -0.496 e. The van der Waals surface area contributed by atoms with Crippen LogP contribution < -0.4 is 9.47 Å². The van der Waals surface area contributed by atoms with E-state index in [1.165, 1.54) is 0 Å². The van der Waals surface area contributed by atoms with Gasteiger partial charge in [-0.2, -0.15) is 0 Å². The first-order valence-electron chi connectivity index (χ1n) is 6.21. The summed E-state index contributed by atoms with van der Waals surface area (Å²) in [5, 5.41) is 10.2. The summed E-state index contributed by atoms with van der Waals surface area (Å²) in [6, 6.07) is 15.2. The van der Waals surface area contributed by atoms with Gasteiger partial charge in [0.2, 0.25) is 0 Å². The Kier molecular flexibility index (Phi) is 4.42. The van der Waals surface area contributed by atoms with Gasteiger partial charge in [-0.15, -0.1) is 0 Å². The molecule has 19 heavy (non-hydrogen) atoms. The predicted octanol–water partition coefficient (Wildman–Crippen LogP) is 3.12. The highest BCUT2D eigenvalue weighted by Gasteiger charge is 2.13. The molecule has 0 aromatic heterocycles. The number of hydrogen-bond donors (Lipinski definition) is 1. The molecule has 2 rings (SSSR count). The van der Waals surface area contributed by atoms with Crippen molar-refractivity contribution in [3.8, 4) is 11.5 Å². The Morgan fingerprint density at radius 2 is 1.89 bits per heavy atom. The summed E-state index contributed by atoms with van der Waals surface area (Å²) in [7, 11) is 1.59. The molecule has 0 fully saturated rings. The van der Waals surface area contributed by atoms with Crippen molar-refractivity contribution in [1.29, 1.82) is 0 Å². The molecule has 0 aliphatic rings. The molecule has 2 aromatic rings. The molecule has 1 unspecified atom stereocenters. The summed E-state index contributed by atoms with van der Waals surface area (Å²) in [5.41, 5.74) is 1.86. The molecule has 1 atom stereocenters. The van der Waals surface area contributed by atoms with Gasteiger partial charge in [-0.25, -0.2) is 0 Å². The van der Waals surface area contributed by atoms with Crippen LogP contribution in [0.1, 0.15) is 17.2 Å². The van der Waals surface area contributed by atoms with Crippen molar-refractivity contribution in [3.63, 3.8) is 0 Å². The zero-order valence-corrected chi connectivity index (χ0v) is 11.2. The van der Waals surface area contributed by atoms with E-state index in [9.17, 15) is 5.11 Å². The predicted molar refractivity (Wildman–Crippen MR) is 74.6 cm³/mol. The highest BCUT2D eigenvalue weighted by Crippen LogP contribution is 2.25. The SMILES string of the molecule is COc1ccccc1C(O)COc1cccc(C)c1. The number of benzene rings is 2. The molecule has 1 N–H and O–H groups in total. The number of para-hydroxylation sites is 1. The number of hydrogen-bond acceptors (Lipinski definition) is 3. The molecular weight excluding hydrogens is 240 g/mol. The van der Waals surface area contributed by atoms with Gasteiger partial charge in [0.05, 0.1) is 7.11 Å². The van der Waals surface area contributed by atoms with E-state index in [0.717, 1.165) is 16.9 Å². The Hall–Kier alpha value is -2.00. The van der Waals surface area contributed by atoms with Gasteiger partial charge < -0.3 is 14.6 Å². The number of methoxy groups -OCH3 is 1. The van der Waals surface area contributed by atoms with Gasteiger partial charge in [0.1, 0.15) is 24.2 Å². The third-order valence-electron chi connectivity index (χ3n) is 2.90. The fourth-order valence-corrected chi connectivity index (χ4v) is 1.91. The van der Waals surface area contributed by atoms with Crippen LogP contribution in [0.5, 0.6) is 11.5 Å². The largest absolute Gasteiger partial charge is 0.496 e. The van der Waals surface area contributed by atoms with E-state index in [1.54, 1.807) is 7.11 Å². The van der Waals surface area contributed by atoms with Crippen LogP contribution >= 0.6 is 0 Å². The maximum atomic E-state index is 10.2. The zero-order chi connectivity index (χ0) is 13.7. The van der Waals surface area contributed by atoms with E-state index in [1.807, 2.05) is 55.5 Å². The number of aliphatic hydroxyl groups is 1. The quantitative estimate of drug-likeness (QED) is 0.895. The van der Waals surface area contributed by atoms with Crippen LogP contribution in [0.15, 0.2) is 48.5 Å². The molecule has 0 heterocycles. The molecule has 2 aromatic carbocycles. The van der Waals surface area contributed by atoms with Crippen molar-refractivity contribution < 1.29 is 14.6 Å². The zero-order valence-electron chi connectivity index (χ0n) is 11.2. The van der Waals surface area contributed by atoms with Gasteiger partial charge in [-0.05, 0) is 30.7 Å². The summed E-state index contributed by atoms with van der Waals surface area (Å²) in [6.07, 6.45) is -0.711. The molecule has 0 spiro atoms. The van der Waals surface area contributed by atoms with Crippen LogP contribution in [-0.2, 0) is 0 Å². The summed E-state index contributed by atoms with van der Waals surface area (Å²) < 4.78 is 10.8. The first-order valence-corrected chi connectivity index (χ1v) is 6.21. The lowest BCUT2D eigenvalue weighted by atomic mass is 10.1. The summed E-state index contributed by atoms with van der Waals surface area (Å²) in [5.74, 6) is 1.43. The topological polar surface area (TPSA) is 38.7 Å². The molecule has 0 amide bonds. The Balaban J connectivity index is 2.03. The van der Waals surface area contributed by atoms with Crippen LogP contribution in [0.4, 0.5) is 0 Å². The van der Waals surface area contributed by atoms with Crippen LogP contribution in [0.25, 0.3) is 0 Å². The minimum atomic E-state index is -0.711. The number of ether oxygens (including phenoxy) is 2. The summed E-state index contributed by atoms with van der Waals surface area (Å²) in [4.78, 5) is 0. The Labute approximate surface area is 113 Å². The molecule has 0 aliphatic heterocycles. The molecular formula is C16H18O3. The van der Waals surface area contributed by atoms with Crippen LogP contribution in [0.3, 0.4) is 0 Å². The number of aryl methyl sites for hydroxylation is 1. The monoisotopic (exact) mass is 258 g/mol. The van der Waals surface area contributed by atoms with Crippen molar-refractivity contribution in [3.05, 3.63) is 59.7 Å². The van der Waals surface area contributed by atoms with Crippen molar-refractivity contribution in [2.75, 3.05) is 13.7 Å². The van der Waals surface area contributed by atoms with Crippen LogP contribution in [0.2, 0.25) is 0 Å². The van der Waals surface area contributed by atoms with Crippen LogP contribution in [-0.4, -0.2) is 18.8 Å². The molecule has 0 saturated carbocycles. The lowest BCUT2D eigenvalue weighted by molar-refractivity contribution is 0.105. The molecule has 0 saturated heterocycles. The molecule has 3 nitrogen and oxygen atoms in total. The average Bonchev–Trinajstić information content (AvgIpc) is 2.45. The Morgan fingerprint density at radius 1 is 1.11 bits per heavy atom. The second-order valence-electron chi connectivity index (χ2n) is 4.39. The summed E-state index contributed by atoms with van der Waals surface area (Å²) in [6.45, 7) is 2.20. The average molecular weight is 258 g/mol. The second kappa shape index (κ2) is 6.25. The molecule has 0 radical (unpaired) electrons. The molecule has 3 heteroatoms. The van der Waals surface area contributed by atoms with E-state index >= 15 is 0 Å². The number of rotatable bonds is 5. The normalized spacial score (nSPS) is 11.9. The fraction of sp³-hybridized carbons (Fsp3) is 0.250. The van der Waals surface area contributed by atoms with E-state index in [2.05, 4.69) is 0 Å². The second-order valence-corrected chi connectivity index (χ2v) is 4.39. The van der Waals surface area contributed by atoms with E-state index in [0.29, 0.717) is 5.75 Å². The lowest BCUT2D eigenvalue weighted by Gasteiger charge is -2.15. The first kappa shape index (κ1) is 13.4. The third-order valence-corrected chi connectivity index (χ3v) is 2.90. The van der Waals surface area contributed by atoms with E-state index < -0.39 is 6.10 Å². The van der Waals surface area contributed by atoms with Gasteiger partial charge >= 0.3 is 0 Å². The van der Waals surface area contributed by atoms with Crippen molar-refractivity contribution in [2.24, 2.45) is 0 Å². The number of aliphatic hydroxyl groups excluding tert-OH is 1. The highest BCUT2D eigenvalue weighted by molar-refractivity contribution is 5.35. The Bertz CT molecular complexity index is 537. The minimum absolute atomic E-state index is 0.198. The summed E-state index contributed by atoms with van der Waals surface area (Å²) >= 11 is 0. The van der Waals surface area contributed by atoms with Crippen molar-refractivity contribution in [1.82, 2.24) is 0 Å². The van der Waals surface area contributed by atoms with Crippen LogP contribution in [0, 0.1) is 6.92 Å². The highest BCUT2D eigenvalue weighted by atomic mass is 16.5. The van der Waals surface area contributed by atoms with Gasteiger partial charge in [0.15, 0.2) is 0 Å². The van der Waals surface area contributed by atoms with Gasteiger partial charge in [-0.3, -0.25) is 0 Å². The third kappa shape index (κ3) is 3.48. The molecule has 100 valence electrons. The first-order chi connectivity index (χ1) is 9.20. The van der Waals surface area contributed by atoms with E-state index in [4.69, 9.17) is 9.47 Å². The molecule has 0 bridgehead atoms. The standard InChI is InChI=1S/C16H18O3/c1-12-6-5-7-13(10-12)19-11-15(17)14-8-3-4-9-16(14)18-2/h3-10,15,17H,11H2,1-2H3. The fourth-order valence-electron chi connectivity index (χ4n) is 1.91. The van der Waals surface area contributed by atoms with Gasteiger partial charge in [0, 0.05) is 5.56 Å². The lowest BCUT2D eigenvalue weighted by Crippen LogP contribution is -2.10. The Morgan fingerprint density at radius 3 is 2.63 bits per heavy atom. The maximum absolute atomic E-state index is 10.2. The van der Waals surface area contributed by atoms with E-state index in [-0.39, 0.29) is 6.61 Å². The van der Waals surface area contributed by atoms with Crippen molar-refractivity contribution in [2.45, 2.75) is 13.0 Å². The smallest absolute Gasteiger partial charge is 0.124 e. The van der Waals surface area contributed by atoms with Gasteiger partial charge in [-0.1, -0.05) is 30.3 Å². The van der Waals surface area contributed by atoms with Crippen molar-refractivity contribution >= 4 is 0 Å². The van der Waals surface area contributed by atoms with Gasteiger partial charge in [0.25, 0.3) is 0 Å².